The maximum atomic E-state index is 5.61. The van der Waals surface area contributed by atoms with Crippen LogP contribution in [0.2, 0.25) is 0 Å². The SMILES string of the molecule is C/C(=C\Cl)CNC1CCCC1(C)C. The molecule has 1 saturated carbocycles. The van der Waals surface area contributed by atoms with Crippen molar-refractivity contribution in [1.29, 1.82) is 0 Å². The second-order valence-corrected chi connectivity index (χ2v) is 4.99. The van der Waals surface area contributed by atoms with Crippen molar-refractivity contribution < 1.29 is 0 Å². The van der Waals surface area contributed by atoms with E-state index in [0.29, 0.717) is 11.5 Å². The molecule has 0 spiro atoms. The lowest BCUT2D eigenvalue weighted by molar-refractivity contribution is 0.290. The van der Waals surface area contributed by atoms with Crippen molar-refractivity contribution in [2.75, 3.05) is 6.54 Å². The molecule has 0 aromatic heterocycles. The van der Waals surface area contributed by atoms with Gasteiger partial charge in [0, 0.05) is 18.1 Å². The van der Waals surface area contributed by atoms with Crippen LogP contribution in [0.25, 0.3) is 0 Å². The van der Waals surface area contributed by atoms with E-state index in [1.807, 2.05) is 0 Å². The van der Waals surface area contributed by atoms with Gasteiger partial charge in [-0.25, -0.2) is 0 Å². The van der Waals surface area contributed by atoms with E-state index in [4.69, 9.17) is 11.6 Å². The highest BCUT2D eigenvalue weighted by atomic mass is 35.5. The second-order valence-electron chi connectivity index (χ2n) is 4.77. The van der Waals surface area contributed by atoms with Gasteiger partial charge in [0.05, 0.1) is 0 Å². The van der Waals surface area contributed by atoms with E-state index in [1.165, 1.54) is 24.8 Å². The molecule has 1 unspecified atom stereocenters. The Balaban J connectivity index is 2.37. The van der Waals surface area contributed by atoms with Crippen LogP contribution >= 0.6 is 11.6 Å². The molecule has 1 aliphatic rings. The molecule has 2 heteroatoms. The minimum Gasteiger partial charge on any atom is -0.310 e. The molecule has 0 heterocycles. The van der Waals surface area contributed by atoms with Gasteiger partial charge in [-0.2, -0.15) is 0 Å². The Morgan fingerprint density at radius 3 is 2.77 bits per heavy atom. The standard InChI is InChI=1S/C11H20ClN/c1-9(7-12)8-13-10-5-4-6-11(10,2)3/h7,10,13H,4-6,8H2,1-3H3/b9-7+. The second kappa shape index (κ2) is 4.47. The van der Waals surface area contributed by atoms with Crippen LogP contribution in [-0.4, -0.2) is 12.6 Å². The minimum atomic E-state index is 0.465. The summed E-state index contributed by atoms with van der Waals surface area (Å²) in [6.07, 6.45) is 4.01. The zero-order valence-corrected chi connectivity index (χ0v) is 9.62. The lowest BCUT2D eigenvalue weighted by atomic mass is 9.87. The first-order chi connectivity index (χ1) is 6.06. The first kappa shape index (κ1) is 11.1. The topological polar surface area (TPSA) is 12.0 Å². The summed E-state index contributed by atoms with van der Waals surface area (Å²) in [7, 11) is 0. The number of hydrogen-bond acceptors (Lipinski definition) is 1. The molecule has 0 bridgehead atoms. The zero-order valence-electron chi connectivity index (χ0n) is 8.86. The minimum absolute atomic E-state index is 0.465. The summed E-state index contributed by atoms with van der Waals surface area (Å²) in [5.74, 6) is 0. The van der Waals surface area contributed by atoms with Crippen LogP contribution in [0.1, 0.15) is 40.0 Å². The van der Waals surface area contributed by atoms with Crippen LogP contribution in [0.15, 0.2) is 11.1 Å². The van der Waals surface area contributed by atoms with Gasteiger partial charge in [-0.3, -0.25) is 0 Å². The fourth-order valence-corrected chi connectivity index (χ4v) is 2.11. The molecule has 76 valence electrons. The highest BCUT2D eigenvalue weighted by Gasteiger charge is 2.33. The summed E-state index contributed by atoms with van der Waals surface area (Å²) in [5.41, 5.74) is 3.34. The largest absolute Gasteiger partial charge is 0.310 e. The van der Waals surface area contributed by atoms with Crippen molar-refractivity contribution in [2.24, 2.45) is 5.41 Å². The third-order valence-corrected chi connectivity index (χ3v) is 3.44. The summed E-state index contributed by atoms with van der Waals surface area (Å²) in [6, 6.07) is 0.666. The van der Waals surface area contributed by atoms with Gasteiger partial charge in [-0.1, -0.05) is 31.9 Å². The smallest absolute Gasteiger partial charge is 0.0176 e. The monoisotopic (exact) mass is 201 g/mol. The van der Waals surface area contributed by atoms with Gasteiger partial charge in [-0.05, 0) is 30.8 Å². The van der Waals surface area contributed by atoms with Gasteiger partial charge in [0.1, 0.15) is 0 Å². The molecule has 1 aliphatic carbocycles. The van der Waals surface area contributed by atoms with Crippen LogP contribution in [0.3, 0.4) is 0 Å². The summed E-state index contributed by atoms with van der Waals surface area (Å²) in [6.45, 7) is 7.67. The fourth-order valence-electron chi connectivity index (χ4n) is 2.03. The van der Waals surface area contributed by atoms with Crippen molar-refractivity contribution in [3.05, 3.63) is 11.1 Å². The molecule has 0 aromatic carbocycles. The van der Waals surface area contributed by atoms with E-state index in [2.05, 4.69) is 26.1 Å². The molecule has 1 N–H and O–H groups in total. The highest BCUT2D eigenvalue weighted by molar-refractivity contribution is 6.25. The molecule has 0 radical (unpaired) electrons. The summed E-state index contributed by atoms with van der Waals surface area (Å²) >= 11 is 5.61. The van der Waals surface area contributed by atoms with Crippen LogP contribution < -0.4 is 5.32 Å². The number of nitrogens with one attached hydrogen (secondary N) is 1. The average molecular weight is 202 g/mol. The Labute approximate surface area is 86.5 Å². The molecule has 1 fully saturated rings. The zero-order chi connectivity index (χ0) is 9.90. The molecular weight excluding hydrogens is 182 g/mol. The van der Waals surface area contributed by atoms with Crippen molar-refractivity contribution in [2.45, 2.75) is 46.1 Å². The Hall–Kier alpha value is -0.0100. The number of halogens is 1. The molecule has 13 heavy (non-hydrogen) atoms. The Bertz CT molecular complexity index is 196. The van der Waals surface area contributed by atoms with Gasteiger partial charge in [-0.15, -0.1) is 0 Å². The third-order valence-electron chi connectivity index (χ3n) is 3.07. The number of rotatable bonds is 3. The van der Waals surface area contributed by atoms with Gasteiger partial charge in [0.2, 0.25) is 0 Å². The maximum Gasteiger partial charge on any atom is 0.0176 e. The lowest BCUT2D eigenvalue weighted by Crippen LogP contribution is -2.38. The quantitative estimate of drug-likeness (QED) is 0.739. The van der Waals surface area contributed by atoms with Crippen LogP contribution in [0.4, 0.5) is 0 Å². The van der Waals surface area contributed by atoms with Crippen LogP contribution in [0.5, 0.6) is 0 Å². The molecule has 1 nitrogen and oxygen atoms in total. The van der Waals surface area contributed by atoms with E-state index in [0.717, 1.165) is 6.54 Å². The normalized spacial score (nSPS) is 28.0. The van der Waals surface area contributed by atoms with E-state index in [-0.39, 0.29) is 0 Å². The predicted molar refractivity (Wildman–Crippen MR) is 59.0 cm³/mol. The van der Waals surface area contributed by atoms with E-state index in [1.54, 1.807) is 5.54 Å². The molecule has 0 amide bonds. The molecule has 1 atom stereocenters. The summed E-state index contributed by atoms with van der Waals surface area (Å²) in [4.78, 5) is 0. The Morgan fingerprint density at radius 2 is 2.31 bits per heavy atom. The third kappa shape index (κ3) is 2.99. The Kier molecular flexibility index (Phi) is 3.81. The van der Waals surface area contributed by atoms with Gasteiger partial charge in [0.25, 0.3) is 0 Å². The van der Waals surface area contributed by atoms with Gasteiger partial charge < -0.3 is 5.32 Å². The van der Waals surface area contributed by atoms with Gasteiger partial charge >= 0.3 is 0 Å². The Morgan fingerprint density at radius 1 is 1.62 bits per heavy atom. The first-order valence-electron chi connectivity index (χ1n) is 5.05. The average Bonchev–Trinajstić information content (AvgIpc) is 2.41. The molecular formula is C11H20ClN. The van der Waals surface area contributed by atoms with E-state index in [9.17, 15) is 0 Å². The van der Waals surface area contributed by atoms with Crippen molar-refractivity contribution >= 4 is 11.6 Å². The fraction of sp³-hybridized carbons (Fsp3) is 0.818. The van der Waals surface area contributed by atoms with Crippen LogP contribution in [0, 0.1) is 5.41 Å². The van der Waals surface area contributed by atoms with Crippen molar-refractivity contribution in [3.8, 4) is 0 Å². The molecule has 0 saturated heterocycles. The van der Waals surface area contributed by atoms with Gasteiger partial charge in [0.15, 0.2) is 0 Å². The molecule has 1 rings (SSSR count). The number of hydrogen-bond donors (Lipinski definition) is 1. The highest BCUT2D eigenvalue weighted by Crippen LogP contribution is 2.37. The van der Waals surface area contributed by atoms with E-state index < -0.39 is 0 Å². The summed E-state index contributed by atoms with van der Waals surface area (Å²) < 4.78 is 0. The first-order valence-corrected chi connectivity index (χ1v) is 5.49. The predicted octanol–water partition coefficient (Wildman–Crippen LogP) is 3.30. The van der Waals surface area contributed by atoms with Crippen molar-refractivity contribution in [1.82, 2.24) is 5.32 Å². The van der Waals surface area contributed by atoms with Crippen LogP contribution in [-0.2, 0) is 0 Å². The molecule has 0 aliphatic heterocycles. The summed E-state index contributed by atoms with van der Waals surface area (Å²) in [5, 5.41) is 3.57. The molecule has 0 aromatic rings. The van der Waals surface area contributed by atoms with E-state index >= 15 is 0 Å². The lowest BCUT2D eigenvalue weighted by Gasteiger charge is -2.28. The maximum absolute atomic E-state index is 5.61. The van der Waals surface area contributed by atoms with Crippen molar-refractivity contribution in [3.63, 3.8) is 0 Å².